The van der Waals surface area contributed by atoms with E-state index in [1.165, 1.54) is 0 Å². The molecule has 1 fully saturated rings. The molecule has 1 aromatic carbocycles. The van der Waals surface area contributed by atoms with Gasteiger partial charge in [-0.15, -0.1) is 0 Å². The summed E-state index contributed by atoms with van der Waals surface area (Å²) in [6.07, 6.45) is 4.86. The number of nitrogens with two attached hydrogens (primary N) is 1. The number of aromatic nitrogens is 1. The molecule has 0 saturated heterocycles. The number of pyridine rings is 1. The van der Waals surface area contributed by atoms with Crippen molar-refractivity contribution in [2.75, 3.05) is 13.2 Å². The van der Waals surface area contributed by atoms with Crippen LogP contribution >= 0.6 is 0 Å². The molecule has 1 heterocycles. The zero-order valence-electron chi connectivity index (χ0n) is 14.1. The Hall–Kier alpha value is -2.60. The summed E-state index contributed by atoms with van der Waals surface area (Å²) in [6.45, 7) is 0.609. The van der Waals surface area contributed by atoms with Crippen molar-refractivity contribution in [3.63, 3.8) is 0 Å². The lowest BCUT2D eigenvalue weighted by molar-refractivity contribution is -0.124. The summed E-state index contributed by atoms with van der Waals surface area (Å²) in [6, 6.07) is 12.7. The number of ether oxygens (including phenoxy) is 2. The first-order valence-electron chi connectivity index (χ1n) is 8.56. The number of benzene rings is 1. The number of hydrogen-bond donors (Lipinski definition) is 2. The quantitative estimate of drug-likeness (QED) is 0.808. The van der Waals surface area contributed by atoms with E-state index in [0.29, 0.717) is 29.8 Å². The largest absolute Gasteiger partial charge is 0.484 e. The van der Waals surface area contributed by atoms with Crippen molar-refractivity contribution in [1.82, 2.24) is 10.3 Å². The van der Waals surface area contributed by atoms with Gasteiger partial charge in [-0.1, -0.05) is 12.5 Å². The van der Waals surface area contributed by atoms with Crippen molar-refractivity contribution >= 4 is 5.91 Å². The Morgan fingerprint density at radius 3 is 2.68 bits per heavy atom. The van der Waals surface area contributed by atoms with Gasteiger partial charge < -0.3 is 20.5 Å². The molecular weight excluding hydrogens is 318 g/mol. The topological polar surface area (TPSA) is 86.5 Å². The van der Waals surface area contributed by atoms with Gasteiger partial charge in [-0.05, 0) is 55.6 Å². The fourth-order valence-electron chi connectivity index (χ4n) is 3.04. The first kappa shape index (κ1) is 17.2. The number of hydrogen-bond acceptors (Lipinski definition) is 5. The summed E-state index contributed by atoms with van der Waals surface area (Å²) in [7, 11) is 0. The standard InChI is InChI=1S/C19H23N3O3/c20-12-14-4-3-5-17(14)22-18(23)13-24-15-7-9-16(10-8-15)25-19-6-1-2-11-21-19/h1-2,6-11,14,17H,3-5,12-13,20H2,(H,22,23). The third-order valence-electron chi connectivity index (χ3n) is 4.36. The Morgan fingerprint density at radius 1 is 1.16 bits per heavy atom. The van der Waals surface area contributed by atoms with Gasteiger partial charge in [-0.3, -0.25) is 4.79 Å². The molecule has 0 aliphatic heterocycles. The van der Waals surface area contributed by atoms with Gasteiger partial charge in [0.05, 0.1) is 0 Å². The monoisotopic (exact) mass is 341 g/mol. The molecule has 1 aromatic heterocycles. The van der Waals surface area contributed by atoms with E-state index in [9.17, 15) is 4.79 Å². The third-order valence-corrected chi connectivity index (χ3v) is 4.36. The van der Waals surface area contributed by atoms with Gasteiger partial charge in [0.1, 0.15) is 11.5 Å². The van der Waals surface area contributed by atoms with Crippen LogP contribution in [0.1, 0.15) is 19.3 Å². The van der Waals surface area contributed by atoms with Crippen molar-refractivity contribution in [1.29, 1.82) is 0 Å². The summed E-state index contributed by atoms with van der Waals surface area (Å²) in [4.78, 5) is 16.1. The number of rotatable bonds is 7. The van der Waals surface area contributed by atoms with Crippen LogP contribution in [0.25, 0.3) is 0 Å². The molecule has 6 heteroatoms. The second kappa shape index (κ2) is 8.48. The lowest BCUT2D eigenvalue weighted by Crippen LogP contribution is -2.42. The predicted octanol–water partition coefficient (Wildman–Crippen LogP) is 2.50. The molecule has 1 saturated carbocycles. The van der Waals surface area contributed by atoms with Crippen molar-refractivity contribution in [3.8, 4) is 17.4 Å². The lowest BCUT2D eigenvalue weighted by Gasteiger charge is -2.19. The van der Waals surface area contributed by atoms with Crippen LogP contribution in [0.5, 0.6) is 17.4 Å². The van der Waals surface area contributed by atoms with Gasteiger partial charge in [0.25, 0.3) is 5.91 Å². The van der Waals surface area contributed by atoms with Crippen LogP contribution in [0, 0.1) is 5.92 Å². The number of carbonyl (C=O) groups excluding carboxylic acids is 1. The van der Waals surface area contributed by atoms with Crippen molar-refractivity contribution < 1.29 is 14.3 Å². The molecule has 1 aliphatic carbocycles. The predicted molar refractivity (Wildman–Crippen MR) is 94.6 cm³/mol. The van der Waals surface area contributed by atoms with Crippen LogP contribution in [0.3, 0.4) is 0 Å². The highest BCUT2D eigenvalue weighted by Crippen LogP contribution is 2.25. The molecule has 25 heavy (non-hydrogen) atoms. The van der Waals surface area contributed by atoms with E-state index < -0.39 is 0 Å². The summed E-state index contributed by atoms with van der Waals surface area (Å²) >= 11 is 0. The molecule has 0 spiro atoms. The maximum atomic E-state index is 12.0. The van der Waals surface area contributed by atoms with Gasteiger partial charge in [-0.25, -0.2) is 4.98 Å². The van der Waals surface area contributed by atoms with Gasteiger partial charge in [0, 0.05) is 18.3 Å². The molecule has 3 rings (SSSR count). The van der Waals surface area contributed by atoms with E-state index in [0.717, 1.165) is 19.3 Å². The second-order valence-corrected chi connectivity index (χ2v) is 6.13. The molecule has 132 valence electrons. The minimum Gasteiger partial charge on any atom is -0.484 e. The van der Waals surface area contributed by atoms with Crippen LogP contribution in [0.15, 0.2) is 48.7 Å². The first-order valence-corrected chi connectivity index (χ1v) is 8.56. The molecule has 6 nitrogen and oxygen atoms in total. The molecule has 0 radical (unpaired) electrons. The first-order chi connectivity index (χ1) is 12.2. The van der Waals surface area contributed by atoms with E-state index in [-0.39, 0.29) is 18.6 Å². The maximum absolute atomic E-state index is 12.0. The highest BCUT2D eigenvalue weighted by Gasteiger charge is 2.27. The van der Waals surface area contributed by atoms with Crippen molar-refractivity contribution in [3.05, 3.63) is 48.7 Å². The average molecular weight is 341 g/mol. The number of nitrogens with zero attached hydrogens (tertiary/aromatic N) is 1. The summed E-state index contributed by atoms with van der Waals surface area (Å²) in [5.41, 5.74) is 5.74. The molecule has 1 aliphatic rings. The van der Waals surface area contributed by atoms with Gasteiger partial charge >= 0.3 is 0 Å². The fourth-order valence-corrected chi connectivity index (χ4v) is 3.04. The molecular formula is C19H23N3O3. The van der Waals surface area contributed by atoms with Crippen molar-refractivity contribution in [2.24, 2.45) is 11.7 Å². The van der Waals surface area contributed by atoms with Gasteiger partial charge in [0.15, 0.2) is 6.61 Å². The molecule has 0 bridgehead atoms. The summed E-state index contributed by atoms with van der Waals surface area (Å²) < 4.78 is 11.2. The van der Waals surface area contributed by atoms with Crippen molar-refractivity contribution in [2.45, 2.75) is 25.3 Å². The molecule has 2 atom stereocenters. The van der Waals surface area contributed by atoms with E-state index in [1.807, 2.05) is 12.1 Å². The van der Waals surface area contributed by atoms with Crippen LogP contribution in [-0.4, -0.2) is 30.1 Å². The lowest BCUT2D eigenvalue weighted by atomic mass is 10.0. The molecule has 2 aromatic rings. The molecule has 1 amide bonds. The van der Waals surface area contributed by atoms with Crippen LogP contribution in [0.4, 0.5) is 0 Å². The van der Waals surface area contributed by atoms with E-state index in [1.54, 1.807) is 36.5 Å². The third kappa shape index (κ3) is 4.93. The van der Waals surface area contributed by atoms with Crippen LogP contribution in [0.2, 0.25) is 0 Å². The Bertz CT molecular complexity index is 676. The van der Waals surface area contributed by atoms with E-state index >= 15 is 0 Å². The van der Waals surface area contributed by atoms with Gasteiger partial charge in [-0.2, -0.15) is 0 Å². The summed E-state index contributed by atoms with van der Waals surface area (Å²) in [5, 5.41) is 3.02. The SMILES string of the molecule is NCC1CCCC1NC(=O)COc1ccc(Oc2ccccn2)cc1. The molecule has 3 N–H and O–H groups in total. The van der Waals surface area contributed by atoms with Crippen LogP contribution in [-0.2, 0) is 4.79 Å². The van der Waals surface area contributed by atoms with E-state index in [2.05, 4.69) is 10.3 Å². The normalized spacial score (nSPS) is 19.4. The number of carbonyl (C=O) groups is 1. The Morgan fingerprint density at radius 2 is 1.96 bits per heavy atom. The highest BCUT2D eigenvalue weighted by atomic mass is 16.5. The maximum Gasteiger partial charge on any atom is 0.258 e. The highest BCUT2D eigenvalue weighted by molar-refractivity contribution is 5.77. The average Bonchev–Trinajstić information content (AvgIpc) is 3.09. The minimum absolute atomic E-state index is 0.00572. The Labute approximate surface area is 147 Å². The number of amides is 1. The second-order valence-electron chi connectivity index (χ2n) is 6.13. The fraction of sp³-hybridized carbons (Fsp3) is 0.368. The number of nitrogens with one attached hydrogen (secondary N) is 1. The minimum atomic E-state index is -0.112. The zero-order chi connectivity index (χ0) is 17.5. The summed E-state index contributed by atoms with van der Waals surface area (Å²) in [5.74, 6) is 2.07. The van der Waals surface area contributed by atoms with Gasteiger partial charge in [0.2, 0.25) is 5.88 Å². The zero-order valence-corrected chi connectivity index (χ0v) is 14.1. The molecule has 2 unspecified atom stereocenters. The van der Waals surface area contributed by atoms with Crippen LogP contribution < -0.4 is 20.5 Å². The smallest absolute Gasteiger partial charge is 0.258 e. The Kier molecular flexibility index (Phi) is 5.85. The Balaban J connectivity index is 1.46. The van der Waals surface area contributed by atoms with E-state index in [4.69, 9.17) is 15.2 Å².